The van der Waals surface area contributed by atoms with Crippen LogP contribution in [0.4, 0.5) is 0 Å². The Morgan fingerprint density at radius 1 is 1.50 bits per heavy atom. The average molecular weight is 260 g/mol. The molecule has 0 radical (unpaired) electrons. The molecular formula is C12H18ClNOS. The van der Waals surface area contributed by atoms with Crippen molar-refractivity contribution in [1.82, 2.24) is 5.32 Å². The van der Waals surface area contributed by atoms with E-state index in [4.69, 9.17) is 11.6 Å². The number of aryl methyl sites for hydroxylation is 2. The van der Waals surface area contributed by atoms with Crippen molar-refractivity contribution in [1.29, 1.82) is 0 Å². The van der Waals surface area contributed by atoms with Crippen LogP contribution in [-0.2, 0) is 0 Å². The summed E-state index contributed by atoms with van der Waals surface area (Å²) < 4.78 is 0. The van der Waals surface area contributed by atoms with E-state index in [2.05, 4.69) is 5.32 Å². The molecule has 90 valence electrons. The van der Waals surface area contributed by atoms with Gasteiger partial charge in [0.2, 0.25) is 0 Å². The van der Waals surface area contributed by atoms with Gasteiger partial charge in [0, 0.05) is 4.88 Å². The van der Waals surface area contributed by atoms with E-state index in [1.807, 2.05) is 40.7 Å². The van der Waals surface area contributed by atoms with Crippen LogP contribution in [0.3, 0.4) is 0 Å². The van der Waals surface area contributed by atoms with Crippen molar-refractivity contribution in [3.05, 3.63) is 21.4 Å². The highest BCUT2D eigenvalue weighted by Gasteiger charge is 2.27. The second kappa shape index (κ2) is 4.76. The zero-order valence-electron chi connectivity index (χ0n) is 10.3. The Kier molecular flexibility index (Phi) is 4.02. The lowest BCUT2D eigenvalue weighted by molar-refractivity contribution is 0.0916. The number of amides is 1. The Morgan fingerprint density at radius 2 is 2.06 bits per heavy atom. The lowest BCUT2D eigenvalue weighted by Crippen LogP contribution is -2.48. The number of carbonyl (C=O) groups excluding carboxylic acids is 1. The van der Waals surface area contributed by atoms with Crippen LogP contribution < -0.4 is 5.32 Å². The first-order chi connectivity index (χ1) is 7.24. The minimum Gasteiger partial charge on any atom is -0.345 e. The van der Waals surface area contributed by atoms with E-state index in [9.17, 15) is 4.79 Å². The first-order valence-corrected chi connectivity index (χ1v) is 6.53. The normalized spacial score (nSPS) is 13.6. The fraction of sp³-hybridized carbons (Fsp3) is 0.583. The molecule has 16 heavy (non-hydrogen) atoms. The summed E-state index contributed by atoms with van der Waals surface area (Å²) in [5.74, 6) is -0.0429. The quantitative estimate of drug-likeness (QED) is 0.827. The Hall–Kier alpha value is -0.540. The summed E-state index contributed by atoms with van der Waals surface area (Å²) in [5.41, 5.74) is 0.761. The van der Waals surface area contributed by atoms with E-state index in [0.717, 1.165) is 10.4 Å². The molecular weight excluding hydrogens is 242 g/mol. The van der Waals surface area contributed by atoms with Gasteiger partial charge in [-0.25, -0.2) is 0 Å². The van der Waals surface area contributed by atoms with Crippen LogP contribution in [0.25, 0.3) is 0 Å². The maximum Gasteiger partial charge on any atom is 0.261 e. The zero-order chi connectivity index (χ0) is 12.5. The number of alkyl halides is 1. The van der Waals surface area contributed by atoms with Crippen LogP contribution >= 0.6 is 22.9 Å². The van der Waals surface area contributed by atoms with E-state index >= 15 is 0 Å². The largest absolute Gasteiger partial charge is 0.345 e. The van der Waals surface area contributed by atoms with Crippen LogP contribution in [-0.4, -0.2) is 16.8 Å². The average Bonchev–Trinajstić information content (AvgIpc) is 2.46. The number of rotatable bonds is 3. The monoisotopic (exact) mass is 259 g/mol. The van der Waals surface area contributed by atoms with E-state index in [0.29, 0.717) is 0 Å². The highest BCUT2D eigenvalue weighted by molar-refractivity contribution is 7.14. The van der Waals surface area contributed by atoms with Crippen LogP contribution in [0.5, 0.6) is 0 Å². The Morgan fingerprint density at radius 3 is 2.44 bits per heavy atom. The number of thiophene rings is 1. The molecule has 1 atom stereocenters. The third-order valence-electron chi connectivity index (χ3n) is 2.82. The maximum absolute atomic E-state index is 12.0. The van der Waals surface area contributed by atoms with Gasteiger partial charge in [0.1, 0.15) is 0 Å². The van der Waals surface area contributed by atoms with Gasteiger partial charge in [-0.1, -0.05) is 0 Å². The van der Waals surface area contributed by atoms with Gasteiger partial charge in [-0.05, 0) is 46.2 Å². The molecule has 1 aromatic rings. The molecule has 1 aromatic heterocycles. The van der Waals surface area contributed by atoms with E-state index < -0.39 is 5.54 Å². The van der Waals surface area contributed by atoms with Crippen molar-refractivity contribution in [2.45, 2.75) is 45.5 Å². The zero-order valence-corrected chi connectivity index (χ0v) is 11.9. The first-order valence-electron chi connectivity index (χ1n) is 5.27. The van der Waals surface area contributed by atoms with E-state index in [1.54, 1.807) is 0 Å². The van der Waals surface area contributed by atoms with Gasteiger partial charge in [-0.15, -0.1) is 22.9 Å². The van der Waals surface area contributed by atoms with E-state index in [1.165, 1.54) is 16.2 Å². The second-order valence-corrected chi connectivity index (χ2v) is 6.55. The van der Waals surface area contributed by atoms with Crippen molar-refractivity contribution in [2.24, 2.45) is 0 Å². The molecule has 0 aromatic carbocycles. The van der Waals surface area contributed by atoms with Crippen LogP contribution in [0.1, 0.15) is 40.9 Å². The predicted octanol–water partition coefficient (Wildman–Crippen LogP) is 3.50. The molecule has 1 rings (SSSR count). The molecule has 0 saturated carbocycles. The van der Waals surface area contributed by atoms with Crippen LogP contribution in [0.15, 0.2) is 6.07 Å². The SMILES string of the molecule is Cc1cc(C(=O)NC(C)(C)C(C)Cl)sc1C. The van der Waals surface area contributed by atoms with Gasteiger partial charge in [0.15, 0.2) is 0 Å². The third-order valence-corrected chi connectivity index (χ3v) is 4.52. The fourth-order valence-electron chi connectivity index (χ4n) is 1.14. The summed E-state index contributed by atoms with van der Waals surface area (Å²) in [5, 5.41) is 2.84. The van der Waals surface area contributed by atoms with Gasteiger partial charge >= 0.3 is 0 Å². The molecule has 1 N–H and O–H groups in total. The highest BCUT2D eigenvalue weighted by Crippen LogP contribution is 2.22. The molecule has 1 heterocycles. The highest BCUT2D eigenvalue weighted by atomic mass is 35.5. The minimum atomic E-state index is -0.398. The standard InChI is InChI=1S/C12H18ClNOS/c1-7-6-10(16-8(7)2)11(15)14-12(4,5)9(3)13/h6,9H,1-5H3,(H,14,15). The van der Waals surface area contributed by atoms with Crippen molar-refractivity contribution < 1.29 is 4.79 Å². The van der Waals surface area contributed by atoms with Gasteiger partial charge < -0.3 is 5.32 Å². The topological polar surface area (TPSA) is 29.1 Å². The molecule has 0 aliphatic heterocycles. The number of halogens is 1. The summed E-state index contributed by atoms with van der Waals surface area (Å²) in [6, 6.07) is 1.92. The molecule has 0 spiro atoms. The number of nitrogens with one attached hydrogen (secondary N) is 1. The van der Waals surface area contributed by atoms with Crippen molar-refractivity contribution in [3.8, 4) is 0 Å². The predicted molar refractivity (Wildman–Crippen MR) is 70.7 cm³/mol. The first kappa shape index (κ1) is 13.5. The molecule has 0 aliphatic carbocycles. The Labute approximate surface area is 106 Å². The molecule has 0 aliphatic rings. The summed E-state index contributed by atoms with van der Waals surface area (Å²) in [6.07, 6.45) is 0. The summed E-state index contributed by atoms with van der Waals surface area (Å²) in [7, 11) is 0. The summed E-state index contributed by atoms with van der Waals surface area (Å²) >= 11 is 7.55. The summed E-state index contributed by atoms with van der Waals surface area (Å²) in [4.78, 5) is 13.9. The maximum atomic E-state index is 12.0. The Balaban J connectivity index is 2.80. The third kappa shape index (κ3) is 2.98. The second-order valence-electron chi connectivity index (χ2n) is 4.64. The van der Waals surface area contributed by atoms with Crippen LogP contribution in [0.2, 0.25) is 0 Å². The number of hydrogen-bond donors (Lipinski definition) is 1. The summed E-state index contributed by atoms with van der Waals surface area (Å²) in [6.45, 7) is 9.77. The Bertz CT molecular complexity index is 376. The van der Waals surface area contributed by atoms with Gasteiger partial charge in [-0.2, -0.15) is 0 Å². The van der Waals surface area contributed by atoms with Gasteiger partial charge in [0.05, 0.1) is 15.8 Å². The van der Waals surface area contributed by atoms with Crippen LogP contribution in [0, 0.1) is 13.8 Å². The number of hydrogen-bond acceptors (Lipinski definition) is 2. The lowest BCUT2D eigenvalue weighted by Gasteiger charge is -2.28. The molecule has 1 unspecified atom stereocenters. The molecule has 2 nitrogen and oxygen atoms in total. The molecule has 0 saturated heterocycles. The minimum absolute atomic E-state index is 0.0429. The fourth-order valence-corrected chi connectivity index (χ4v) is 2.12. The van der Waals surface area contributed by atoms with Crippen molar-refractivity contribution in [3.63, 3.8) is 0 Å². The van der Waals surface area contributed by atoms with Crippen molar-refractivity contribution in [2.75, 3.05) is 0 Å². The van der Waals surface area contributed by atoms with Gasteiger partial charge in [-0.3, -0.25) is 4.79 Å². The van der Waals surface area contributed by atoms with E-state index in [-0.39, 0.29) is 11.3 Å². The smallest absolute Gasteiger partial charge is 0.261 e. The molecule has 1 amide bonds. The lowest BCUT2D eigenvalue weighted by atomic mass is 10.0. The molecule has 4 heteroatoms. The number of carbonyl (C=O) groups is 1. The molecule has 0 fully saturated rings. The molecule has 0 bridgehead atoms. The van der Waals surface area contributed by atoms with Crippen molar-refractivity contribution >= 4 is 28.8 Å². The van der Waals surface area contributed by atoms with Gasteiger partial charge in [0.25, 0.3) is 5.91 Å².